The van der Waals surface area contributed by atoms with Crippen LogP contribution in [0.3, 0.4) is 0 Å². The molecule has 5 nitrogen and oxygen atoms in total. The van der Waals surface area contributed by atoms with Crippen LogP contribution in [0.1, 0.15) is 64.5 Å². The number of hydrogen-bond acceptors (Lipinski definition) is 3. The number of hydrogen-bond donors (Lipinski definition) is 2. The molecule has 2 aromatic carbocycles. The number of aromatic nitrogens is 1. The maximum Gasteiger partial charge on any atom is 0.229 e. The Morgan fingerprint density at radius 3 is 2.24 bits per heavy atom. The number of benzene rings is 2. The van der Waals surface area contributed by atoms with Gasteiger partial charge in [-0.25, -0.2) is 8.42 Å². The van der Waals surface area contributed by atoms with Crippen LogP contribution in [0.4, 0.5) is 5.69 Å². The van der Waals surface area contributed by atoms with Gasteiger partial charge in [-0.15, -0.1) is 0 Å². The lowest BCUT2D eigenvalue weighted by Gasteiger charge is -2.12. The number of carbonyl (C=O) groups is 1. The summed E-state index contributed by atoms with van der Waals surface area (Å²) in [6.07, 6.45) is 3.62. The van der Waals surface area contributed by atoms with Crippen molar-refractivity contribution in [3.63, 3.8) is 0 Å². The van der Waals surface area contributed by atoms with Crippen LogP contribution in [-0.4, -0.2) is 25.4 Å². The molecule has 0 radical (unpaired) electrons. The molecule has 0 amide bonds. The van der Waals surface area contributed by atoms with E-state index >= 15 is 0 Å². The molecule has 4 rings (SSSR count). The molecule has 0 saturated heterocycles. The van der Waals surface area contributed by atoms with Crippen LogP contribution in [0.5, 0.6) is 0 Å². The summed E-state index contributed by atoms with van der Waals surface area (Å²) in [4.78, 5) is 16.0. The Kier molecular flexibility index (Phi) is 5.04. The summed E-state index contributed by atoms with van der Waals surface area (Å²) < 4.78 is 25.1. The first-order chi connectivity index (χ1) is 13.8. The van der Waals surface area contributed by atoms with Gasteiger partial charge in [0.2, 0.25) is 15.8 Å². The van der Waals surface area contributed by atoms with Gasteiger partial charge in [0.05, 0.1) is 11.9 Å². The van der Waals surface area contributed by atoms with Crippen LogP contribution in [0, 0.1) is 0 Å². The molecule has 1 unspecified atom stereocenters. The summed E-state index contributed by atoms with van der Waals surface area (Å²) in [7, 11) is -3.29. The van der Waals surface area contributed by atoms with Gasteiger partial charge in [-0.3, -0.25) is 9.52 Å². The van der Waals surface area contributed by atoms with Crippen molar-refractivity contribution in [3.05, 3.63) is 88.7 Å². The number of aromatic amines is 1. The van der Waals surface area contributed by atoms with E-state index in [2.05, 4.69) is 21.8 Å². The molecule has 1 aromatic heterocycles. The van der Waals surface area contributed by atoms with Crippen molar-refractivity contribution in [1.29, 1.82) is 0 Å². The van der Waals surface area contributed by atoms with Gasteiger partial charge in [0, 0.05) is 22.9 Å². The number of nitrogens with one attached hydrogen (secondary N) is 2. The Morgan fingerprint density at radius 2 is 1.66 bits per heavy atom. The molecule has 29 heavy (non-hydrogen) atoms. The Morgan fingerprint density at radius 1 is 1.00 bits per heavy atom. The lowest BCUT2D eigenvalue weighted by Crippen LogP contribution is -2.09. The van der Waals surface area contributed by atoms with E-state index in [9.17, 15) is 13.2 Å². The Hall–Kier alpha value is -2.86. The molecule has 1 aliphatic rings. The predicted octanol–water partition coefficient (Wildman–Crippen LogP) is 4.65. The first kappa shape index (κ1) is 19.5. The molecular formula is C23H24N2O3S. The van der Waals surface area contributed by atoms with E-state index in [1.54, 1.807) is 12.1 Å². The van der Waals surface area contributed by atoms with Gasteiger partial charge in [-0.1, -0.05) is 43.3 Å². The zero-order chi connectivity index (χ0) is 20.6. The van der Waals surface area contributed by atoms with Crippen molar-refractivity contribution < 1.29 is 13.2 Å². The first-order valence-corrected chi connectivity index (χ1v) is 11.6. The average Bonchev–Trinajstić information content (AvgIpc) is 3.43. The molecule has 0 bridgehead atoms. The zero-order valence-electron chi connectivity index (χ0n) is 16.5. The van der Waals surface area contributed by atoms with E-state index in [-0.39, 0.29) is 11.7 Å². The monoisotopic (exact) mass is 408 g/mol. The van der Waals surface area contributed by atoms with Gasteiger partial charge >= 0.3 is 0 Å². The van der Waals surface area contributed by atoms with E-state index in [1.165, 1.54) is 18.4 Å². The standard InChI is InChI=1S/C23H24N2O3S/c1-15(16-9-11-20(12-10-16)25-29(2,27)28)21-13-14-22(24-21)23(26)19-7-5-18(6-8-19)17-3-4-17/h5-15,17,24-25H,3-4H2,1-2H3. The number of rotatable bonds is 7. The molecular weight excluding hydrogens is 384 g/mol. The second-order valence-corrected chi connectivity index (χ2v) is 9.52. The molecule has 3 aromatic rings. The van der Waals surface area contributed by atoms with Gasteiger partial charge in [-0.05, 0) is 54.2 Å². The number of sulfonamides is 1. The second-order valence-electron chi connectivity index (χ2n) is 7.77. The third kappa shape index (κ3) is 4.59. The fourth-order valence-electron chi connectivity index (χ4n) is 3.51. The van der Waals surface area contributed by atoms with Crippen molar-refractivity contribution in [2.45, 2.75) is 31.6 Å². The van der Waals surface area contributed by atoms with Crippen LogP contribution >= 0.6 is 0 Å². The maximum absolute atomic E-state index is 12.8. The van der Waals surface area contributed by atoms with E-state index in [1.807, 2.05) is 43.3 Å². The minimum atomic E-state index is -3.29. The Balaban J connectivity index is 1.48. The lowest BCUT2D eigenvalue weighted by atomic mass is 9.98. The van der Waals surface area contributed by atoms with E-state index in [0.29, 0.717) is 22.9 Å². The van der Waals surface area contributed by atoms with E-state index in [4.69, 9.17) is 0 Å². The Bertz CT molecular complexity index is 1130. The van der Waals surface area contributed by atoms with Crippen LogP contribution < -0.4 is 4.72 Å². The van der Waals surface area contributed by atoms with Gasteiger partial charge in [-0.2, -0.15) is 0 Å². The lowest BCUT2D eigenvalue weighted by molar-refractivity contribution is 0.103. The van der Waals surface area contributed by atoms with Crippen molar-refractivity contribution in [2.75, 3.05) is 11.0 Å². The van der Waals surface area contributed by atoms with Crippen molar-refractivity contribution in [2.24, 2.45) is 0 Å². The SMILES string of the molecule is CC(c1ccc(NS(C)(=O)=O)cc1)c1ccc(C(=O)c2ccc(C3CC3)cc2)[nH]1. The maximum atomic E-state index is 12.8. The summed E-state index contributed by atoms with van der Waals surface area (Å²) in [5.41, 5.74) is 5.06. The fourth-order valence-corrected chi connectivity index (χ4v) is 4.07. The third-order valence-corrected chi connectivity index (χ3v) is 5.96. The molecule has 2 N–H and O–H groups in total. The highest BCUT2D eigenvalue weighted by molar-refractivity contribution is 7.92. The molecule has 0 aliphatic heterocycles. The van der Waals surface area contributed by atoms with Crippen molar-refractivity contribution in [1.82, 2.24) is 4.98 Å². The minimum Gasteiger partial charge on any atom is -0.355 e. The van der Waals surface area contributed by atoms with Crippen LogP contribution in [0.2, 0.25) is 0 Å². The second kappa shape index (κ2) is 7.52. The van der Waals surface area contributed by atoms with Crippen LogP contribution in [-0.2, 0) is 10.0 Å². The number of anilines is 1. The molecule has 150 valence electrons. The van der Waals surface area contributed by atoms with E-state index < -0.39 is 10.0 Å². The minimum absolute atomic E-state index is 0.0153. The van der Waals surface area contributed by atoms with Crippen molar-refractivity contribution in [3.8, 4) is 0 Å². The summed E-state index contributed by atoms with van der Waals surface area (Å²) >= 11 is 0. The third-order valence-electron chi connectivity index (χ3n) is 5.36. The average molecular weight is 409 g/mol. The molecule has 1 aliphatic carbocycles. The number of H-pyrrole nitrogens is 1. The van der Waals surface area contributed by atoms with Gasteiger partial charge in [0.25, 0.3) is 0 Å². The van der Waals surface area contributed by atoms with Crippen LogP contribution in [0.15, 0.2) is 60.7 Å². The molecule has 1 heterocycles. The number of carbonyl (C=O) groups excluding carboxylic acids is 1. The molecule has 1 fully saturated rings. The first-order valence-electron chi connectivity index (χ1n) is 9.71. The molecule has 6 heteroatoms. The summed E-state index contributed by atoms with van der Waals surface area (Å²) in [5.74, 6) is 0.704. The van der Waals surface area contributed by atoms with Crippen LogP contribution in [0.25, 0.3) is 0 Å². The van der Waals surface area contributed by atoms with Gasteiger partial charge in [0.1, 0.15) is 0 Å². The topological polar surface area (TPSA) is 79.0 Å². The van der Waals surface area contributed by atoms with Gasteiger partial charge < -0.3 is 4.98 Å². The van der Waals surface area contributed by atoms with E-state index in [0.717, 1.165) is 17.5 Å². The quantitative estimate of drug-likeness (QED) is 0.559. The molecule has 0 spiro atoms. The largest absolute Gasteiger partial charge is 0.355 e. The normalized spacial score (nSPS) is 15.1. The summed E-state index contributed by atoms with van der Waals surface area (Å²) in [6.45, 7) is 2.05. The zero-order valence-corrected chi connectivity index (χ0v) is 17.3. The Labute approximate surface area is 171 Å². The highest BCUT2D eigenvalue weighted by atomic mass is 32.2. The molecule has 1 atom stereocenters. The number of ketones is 1. The van der Waals surface area contributed by atoms with Crippen molar-refractivity contribution >= 4 is 21.5 Å². The predicted molar refractivity (Wildman–Crippen MR) is 115 cm³/mol. The fraction of sp³-hybridized carbons (Fsp3) is 0.261. The summed E-state index contributed by atoms with van der Waals surface area (Å²) in [5, 5.41) is 0. The molecule has 1 saturated carbocycles. The van der Waals surface area contributed by atoms with Gasteiger partial charge in [0.15, 0.2) is 0 Å². The smallest absolute Gasteiger partial charge is 0.229 e. The summed E-state index contributed by atoms with van der Waals surface area (Å²) in [6, 6.07) is 18.9. The highest BCUT2D eigenvalue weighted by Gasteiger charge is 2.23. The highest BCUT2D eigenvalue weighted by Crippen LogP contribution is 2.40.